The van der Waals surface area contributed by atoms with Crippen molar-refractivity contribution in [3.05, 3.63) is 59.4 Å². The van der Waals surface area contributed by atoms with Crippen molar-refractivity contribution in [1.29, 1.82) is 0 Å². The molecule has 3 rings (SSSR count). The third-order valence-corrected chi connectivity index (χ3v) is 3.77. The van der Waals surface area contributed by atoms with Gasteiger partial charge in [-0.2, -0.15) is 0 Å². The Labute approximate surface area is 120 Å². The lowest BCUT2D eigenvalue weighted by Crippen LogP contribution is -2.23. The van der Waals surface area contributed by atoms with Gasteiger partial charge in [0.2, 0.25) is 0 Å². The zero-order chi connectivity index (χ0) is 13.8. The Morgan fingerprint density at radius 1 is 1.25 bits per heavy atom. The maximum Gasteiger partial charge on any atom is 0.137 e. The van der Waals surface area contributed by atoms with E-state index in [0.717, 1.165) is 37.6 Å². The molecule has 1 aromatic heterocycles. The number of ether oxygens (including phenoxy) is 1. The van der Waals surface area contributed by atoms with Crippen molar-refractivity contribution >= 4 is 0 Å². The van der Waals surface area contributed by atoms with Crippen molar-refractivity contribution < 1.29 is 4.74 Å². The lowest BCUT2D eigenvalue weighted by atomic mass is 9.78. The maximum absolute atomic E-state index is 5.84. The number of rotatable bonds is 6. The summed E-state index contributed by atoms with van der Waals surface area (Å²) in [5.74, 6) is 1.39. The van der Waals surface area contributed by atoms with Crippen molar-refractivity contribution in [1.82, 2.24) is 10.3 Å². The van der Waals surface area contributed by atoms with Gasteiger partial charge in [-0.1, -0.05) is 31.2 Å². The topological polar surface area (TPSA) is 34.1 Å². The molecule has 1 aliphatic rings. The summed E-state index contributed by atoms with van der Waals surface area (Å²) in [6, 6.07) is 12.6. The second-order valence-electron chi connectivity index (χ2n) is 5.18. The molecule has 0 spiro atoms. The quantitative estimate of drug-likeness (QED) is 0.874. The molecule has 0 bridgehead atoms. The van der Waals surface area contributed by atoms with Gasteiger partial charge in [0.1, 0.15) is 5.75 Å². The summed E-state index contributed by atoms with van der Waals surface area (Å²) in [6.07, 6.45) is 2.94. The van der Waals surface area contributed by atoms with Crippen LogP contribution >= 0.6 is 0 Å². The second kappa shape index (κ2) is 6.06. The number of fused-ring (bicyclic) bond motifs is 1. The number of pyridine rings is 1. The molecule has 1 aliphatic carbocycles. The van der Waals surface area contributed by atoms with Crippen LogP contribution in [-0.4, -0.2) is 18.1 Å². The van der Waals surface area contributed by atoms with Crippen molar-refractivity contribution in [2.24, 2.45) is 0 Å². The van der Waals surface area contributed by atoms with Crippen LogP contribution in [0.2, 0.25) is 0 Å². The Morgan fingerprint density at radius 2 is 2.15 bits per heavy atom. The molecule has 3 heteroatoms. The minimum atomic E-state index is 0.535. The van der Waals surface area contributed by atoms with Crippen molar-refractivity contribution in [2.45, 2.75) is 25.8 Å². The molecule has 3 nitrogen and oxygen atoms in total. The Balaban J connectivity index is 1.52. The van der Waals surface area contributed by atoms with E-state index in [1.807, 2.05) is 18.3 Å². The third-order valence-electron chi connectivity index (χ3n) is 3.77. The minimum Gasteiger partial charge on any atom is -0.491 e. The van der Waals surface area contributed by atoms with E-state index in [-0.39, 0.29) is 0 Å². The molecule has 0 radical (unpaired) electrons. The van der Waals surface area contributed by atoms with Crippen LogP contribution in [0.15, 0.2) is 42.6 Å². The number of nitrogens with one attached hydrogen (secondary N) is 1. The highest BCUT2D eigenvalue weighted by Gasteiger charge is 2.25. The van der Waals surface area contributed by atoms with E-state index < -0.39 is 0 Å². The van der Waals surface area contributed by atoms with E-state index in [9.17, 15) is 0 Å². The lowest BCUT2D eigenvalue weighted by Gasteiger charge is -2.29. The average Bonchev–Trinajstić information content (AvgIpc) is 2.47. The van der Waals surface area contributed by atoms with Gasteiger partial charge >= 0.3 is 0 Å². The summed E-state index contributed by atoms with van der Waals surface area (Å²) in [5, 5.41) is 3.26. The molecule has 0 aliphatic heterocycles. The van der Waals surface area contributed by atoms with E-state index in [4.69, 9.17) is 4.74 Å². The first-order valence-corrected chi connectivity index (χ1v) is 7.23. The van der Waals surface area contributed by atoms with Crippen LogP contribution in [0.1, 0.15) is 29.7 Å². The summed E-state index contributed by atoms with van der Waals surface area (Å²) >= 11 is 0. The number of hydrogen-bond acceptors (Lipinski definition) is 3. The van der Waals surface area contributed by atoms with E-state index in [2.05, 4.69) is 41.5 Å². The fraction of sp³-hybridized carbons (Fsp3) is 0.353. The van der Waals surface area contributed by atoms with Crippen LogP contribution in [0, 0.1) is 0 Å². The first-order chi connectivity index (χ1) is 9.86. The number of hydrogen-bond donors (Lipinski definition) is 1. The largest absolute Gasteiger partial charge is 0.491 e. The zero-order valence-electron chi connectivity index (χ0n) is 11.8. The van der Waals surface area contributed by atoms with E-state index in [1.54, 1.807) is 0 Å². The van der Waals surface area contributed by atoms with Gasteiger partial charge in [-0.3, -0.25) is 4.98 Å². The summed E-state index contributed by atoms with van der Waals surface area (Å²) in [7, 11) is 0. The standard InChI is InChI=1S/C17H20N2O/c1-2-18-10-15-7-8-16(11-19-15)20-12-14-9-13-5-3-4-6-17(13)14/h3-8,11,14,18H,2,9-10,12H2,1H3. The van der Waals surface area contributed by atoms with Gasteiger partial charge in [-0.05, 0) is 36.2 Å². The average molecular weight is 268 g/mol. The molecule has 2 aromatic rings. The number of aromatic nitrogens is 1. The SMILES string of the molecule is CCNCc1ccc(OCC2Cc3ccccc32)cn1. The van der Waals surface area contributed by atoms with Crippen LogP contribution in [0.5, 0.6) is 5.75 Å². The number of benzene rings is 1. The molecular formula is C17H20N2O. The highest BCUT2D eigenvalue weighted by Crippen LogP contribution is 2.34. The molecule has 1 aromatic carbocycles. The number of nitrogens with zero attached hydrogens (tertiary/aromatic N) is 1. The molecular weight excluding hydrogens is 248 g/mol. The van der Waals surface area contributed by atoms with E-state index in [0.29, 0.717) is 5.92 Å². The van der Waals surface area contributed by atoms with Crippen LogP contribution in [0.25, 0.3) is 0 Å². The molecule has 1 atom stereocenters. The highest BCUT2D eigenvalue weighted by atomic mass is 16.5. The van der Waals surface area contributed by atoms with Gasteiger partial charge in [0.05, 0.1) is 18.5 Å². The van der Waals surface area contributed by atoms with Crippen molar-refractivity contribution in [3.8, 4) is 5.75 Å². The zero-order valence-corrected chi connectivity index (χ0v) is 11.8. The lowest BCUT2D eigenvalue weighted by molar-refractivity contribution is 0.274. The fourth-order valence-electron chi connectivity index (χ4n) is 2.56. The van der Waals surface area contributed by atoms with E-state index >= 15 is 0 Å². The molecule has 0 saturated carbocycles. The van der Waals surface area contributed by atoms with Crippen LogP contribution in [0.4, 0.5) is 0 Å². The first-order valence-electron chi connectivity index (χ1n) is 7.23. The van der Waals surface area contributed by atoms with Crippen LogP contribution < -0.4 is 10.1 Å². The van der Waals surface area contributed by atoms with Gasteiger partial charge in [-0.25, -0.2) is 0 Å². The maximum atomic E-state index is 5.84. The van der Waals surface area contributed by atoms with Gasteiger partial charge < -0.3 is 10.1 Å². The smallest absolute Gasteiger partial charge is 0.137 e. The third kappa shape index (κ3) is 2.83. The molecule has 20 heavy (non-hydrogen) atoms. The molecule has 1 heterocycles. The van der Waals surface area contributed by atoms with Gasteiger partial charge in [0, 0.05) is 12.5 Å². The summed E-state index contributed by atoms with van der Waals surface area (Å²) < 4.78 is 5.84. The van der Waals surface area contributed by atoms with Gasteiger partial charge in [0.15, 0.2) is 0 Å². The normalized spacial score (nSPS) is 16.4. The highest BCUT2D eigenvalue weighted by molar-refractivity contribution is 5.40. The Bertz CT molecular complexity index is 565. The Hall–Kier alpha value is -1.87. The van der Waals surface area contributed by atoms with E-state index in [1.165, 1.54) is 11.1 Å². The van der Waals surface area contributed by atoms with Crippen LogP contribution in [0.3, 0.4) is 0 Å². The molecule has 0 amide bonds. The monoisotopic (exact) mass is 268 g/mol. The fourth-order valence-corrected chi connectivity index (χ4v) is 2.56. The van der Waals surface area contributed by atoms with Gasteiger partial charge in [-0.15, -0.1) is 0 Å². The Kier molecular flexibility index (Phi) is 3.97. The Morgan fingerprint density at radius 3 is 2.90 bits per heavy atom. The molecule has 1 N–H and O–H groups in total. The second-order valence-corrected chi connectivity index (χ2v) is 5.18. The molecule has 0 saturated heterocycles. The predicted octanol–water partition coefficient (Wildman–Crippen LogP) is 2.91. The summed E-state index contributed by atoms with van der Waals surface area (Å²) in [4.78, 5) is 4.39. The van der Waals surface area contributed by atoms with Crippen LogP contribution in [-0.2, 0) is 13.0 Å². The summed E-state index contributed by atoms with van der Waals surface area (Å²) in [5.41, 5.74) is 3.94. The molecule has 104 valence electrons. The van der Waals surface area contributed by atoms with Crippen molar-refractivity contribution in [3.63, 3.8) is 0 Å². The first kappa shape index (κ1) is 13.1. The van der Waals surface area contributed by atoms with Crippen molar-refractivity contribution in [2.75, 3.05) is 13.2 Å². The molecule has 1 unspecified atom stereocenters. The minimum absolute atomic E-state index is 0.535. The molecule has 0 fully saturated rings. The predicted molar refractivity (Wildman–Crippen MR) is 80.0 cm³/mol. The summed E-state index contributed by atoms with van der Waals surface area (Å²) in [6.45, 7) is 4.60. The van der Waals surface area contributed by atoms with Gasteiger partial charge in [0.25, 0.3) is 0 Å².